The summed E-state index contributed by atoms with van der Waals surface area (Å²) < 4.78 is 73.9. The Hall–Kier alpha value is -5.26. The van der Waals surface area contributed by atoms with E-state index in [9.17, 15) is 25.9 Å². The van der Waals surface area contributed by atoms with Gasteiger partial charge in [-0.3, -0.25) is 0 Å². The van der Waals surface area contributed by atoms with Gasteiger partial charge in [0.1, 0.15) is 31.7 Å². The van der Waals surface area contributed by atoms with Crippen LogP contribution in [0.25, 0.3) is 0 Å². The van der Waals surface area contributed by atoms with Gasteiger partial charge in [0.25, 0.3) is 0 Å². The van der Waals surface area contributed by atoms with Crippen molar-refractivity contribution in [3.05, 3.63) is 191 Å². The van der Waals surface area contributed by atoms with E-state index in [1.165, 1.54) is 123 Å². The second kappa shape index (κ2) is 32.5. The van der Waals surface area contributed by atoms with Gasteiger partial charge >= 0.3 is 0 Å². The van der Waals surface area contributed by atoms with E-state index in [-0.39, 0.29) is 9.79 Å². The largest absolute Gasteiger partial charge is 0.744 e. The molecule has 8 nitrogen and oxygen atoms in total. The molecule has 0 N–H and O–H groups in total. The maximum Gasteiger partial charge on any atom is 0.124 e. The van der Waals surface area contributed by atoms with Gasteiger partial charge in [-0.15, -0.1) is 0 Å². The van der Waals surface area contributed by atoms with Crippen LogP contribution in [0, 0.1) is 13.8 Å². The minimum atomic E-state index is -4.27. The van der Waals surface area contributed by atoms with Gasteiger partial charge in [-0.2, -0.15) is 0 Å². The van der Waals surface area contributed by atoms with E-state index in [0.717, 1.165) is 61.5 Å². The summed E-state index contributed by atoms with van der Waals surface area (Å²) in [6.07, 6.45) is 18.5. The van der Waals surface area contributed by atoms with Crippen LogP contribution in [-0.2, 0) is 39.5 Å². The van der Waals surface area contributed by atoms with Gasteiger partial charge < -0.3 is 18.6 Å². The highest BCUT2D eigenvalue weighted by Gasteiger charge is 2.02. The molecule has 68 heavy (non-hydrogen) atoms. The summed E-state index contributed by atoms with van der Waals surface area (Å²) in [5.41, 5.74) is 8.73. The Kier molecular flexibility index (Phi) is 27.3. The van der Waals surface area contributed by atoms with Crippen molar-refractivity contribution in [2.24, 2.45) is 0 Å². The molecule has 10 heteroatoms. The lowest BCUT2D eigenvalue weighted by molar-refractivity contribution is 0.305. The number of aryl methyl sites for hydroxylation is 3. The standard InChI is InChI=1S/C25H36O.C19H24O.2C7H8O3S/c1-3-5-7-9-11-22-12-14-23(15-13-22)21-24-16-18-25(19-17-24)26-20-10-8-6-4-2;1-2-3-4-8-15-20-19-13-11-18(12-14-19)16-17-9-6-5-7-10-17;2*1-6-2-4-7(5-3-6)11(8,9)10/h12-19H,3-11,20-21H2,1-2H3;5-7,9-14H,2-4,8,15-16H2,1H3;2*2-5H,1H3,(H,8,9,10)/p-2. The summed E-state index contributed by atoms with van der Waals surface area (Å²) in [5.74, 6) is 1.98. The Labute approximate surface area is 409 Å². The Bertz CT molecular complexity index is 2360. The number of rotatable bonds is 23. The summed E-state index contributed by atoms with van der Waals surface area (Å²) in [6, 6.07) is 48.4. The van der Waals surface area contributed by atoms with Crippen molar-refractivity contribution in [1.82, 2.24) is 0 Å². The van der Waals surface area contributed by atoms with Crippen LogP contribution in [0.5, 0.6) is 11.5 Å². The molecule has 0 aromatic heterocycles. The fourth-order valence-corrected chi connectivity index (χ4v) is 7.84. The number of hydrogen-bond acceptors (Lipinski definition) is 8. The zero-order chi connectivity index (χ0) is 49.5. The molecule has 6 rings (SSSR count). The Morgan fingerprint density at radius 3 is 1.04 bits per heavy atom. The van der Waals surface area contributed by atoms with Crippen LogP contribution in [0.15, 0.2) is 161 Å². The smallest absolute Gasteiger partial charge is 0.124 e. The lowest BCUT2D eigenvalue weighted by Crippen LogP contribution is -1.97. The van der Waals surface area contributed by atoms with Crippen molar-refractivity contribution in [2.45, 2.75) is 141 Å². The van der Waals surface area contributed by atoms with Crippen LogP contribution in [0.4, 0.5) is 0 Å². The van der Waals surface area contributed by atoms with Gasteiger partial charge in [-0.05, 0) is 129 Å². The third-order valence-corrected chi connectivity index (χ3v) is 12.7. The molecule has 0 aliphatic carbocycles. The van der Waals surface area contributed by atoms with Gasteiger partial charge in [-0.1, -0.05) is 193 Å². The second-order valence-corrected chi connectivity index (χ2v) is 19.9. The Morgan fingerprint density at radius 1 is 0.368 bits per heavy atom. The topological polar surface area (TPSA) is 133 Å². The zero-order valence-electron chi connectivity index (χ0n) is 41.0. The van der Waals surface area contributed by atoms with Crippen molar-refractivity contribution in [3.63, 3.8) is 0 Å². The second-order valence-electron chi connectivity index (χ2n) is 17.1. The molecule has 6 aromatic carbocycles. The summed E-state index contributed by atoms with van der Waals surface area (Å²) in [6.45, 7) is 12.0. The maximum absolute atomic E-state index is 10.4. The molecule has 0 atom stereocenters. The molecule has 0 radical (unpaired) electrons. The fourth-order valence-electron chi connectivity index (χ4n) is 6.90. The molecular formula is C58H74O8S2-2. The molecule has 0 fully saturated rings. The SMILES string of the molecule is CCCCCCOc1ccc(Cc2ccc(CCCCCC)cc2)cc1.CCCCCCOc1ccc(Cc2ccccc2)cc1.Cc1ccc(S(=O)(=O)[O-])cc1.Cc1ccc(S(=O)(=O)[O-])cc1. The quantitative estimate of drug-likeness (QED) is 0.0458. The predicted octanol–water partition coefficient (Wildman–Crippen LogP) is 14.4. The third-order valence-electron chi connectivity index (χ3n) is 11.0. The first-order valence-corrected chi connectivity index (χ1v) is 27.1. The van der Waals surface area contributed by atoms with Gasteiger partial charge in [0.05, 0.1) is 23.0 Å². The van der Waals surface area contributed by atoms with E-state index in [1.807, 2.05) is 13.8 Å². The Balaban J connectivity index is 0.000000257. The first kappa shape index (κ1) is 57.1. The van der Waals surface area contributed by atoms with Crippen LogP contribution in [-0.4, -0.2) is 39.2 Å². The third kappa shape index (κ3) is 25.2. The number of unbranched alkanes of at least 4 members (excludes halogenated alkanes) is 9. The minimum absolute atomic E-state index is 0.178. The average molecular weight is 963 g/mol. The van der Waals surface area contributed by atoms with Crippen LogP contribution in [0.1, 0.15) is 137 Å². The van der Waals surface area contributed by atoms with E-state index in [0.29, 0.717) is 0 Å². The van der Waals surface area contributed by atoms with E-state index < -0.39 is 20.2 Å². The first-order chi connectivity index (χ1) is 32.7. The van der Waals surface area contributed by atoms with Gasteiger partial charge in [0.2, 0.25) is 0 Å². The van der Waals surface area contributed by atoms with Gasteiger partial charge in [0.15, 0.2) is 0 Å². The van der Waals surface area contributed by atoms with Crippen molar-refractivity contribution < 1.29 is 35.4 Å². The Morgan fingerprint density at radius 2 is 0.691 bits per heavy atom. The molecular weight excluding hydrogens is 889 g/mol. The van der Waals surface area contributed by atoms with E-state index in [4.69, 9.17) is 9.47 Å². The normalized spacial score (nSPS) is 10.9. The number of hydrogen-bond donors (Lipinski definition) is 0. The van der Waals surface area contributed by atoms with Crippen molar-refractivity contribution in [1.29, 1.82) is 0 Å². The molecule has 0 spiro atoms. The summed E-state index contributed by atoms with van der Waals surface area (Å²) >= 11 is 0. The molecule has 0 heterocycles. The maximum atomic E-state index is 10.4. The molecule has 0 bridgehead atoms. The highest BCUT2D eigenvalue weighted by molar-refractivity contribution is 7.86. The summed E-state index contributed by atoms with van der Waals surface area (Å²) in [7, 11) is -8.54. The summed E-state index contributed by atoms with van der Waals surface area (Å²) in [4.78, 5) is -0.355. The lowest BCUT2D eigenvalue weighted by Gasteiger charge is -2.08. The van der Waals surface area contributed by atoms with Crippen LogP contribution in [0.2, 0.25) is 0 Å². The first-order valence-electron chi connectivity index (χ1n) is 24.3. The average Bonchev–Trinajstić information content (AvgIpc) is 3.32. The molecule has 0 amide bonds. The predicted molar refractivity (Wildman–Crippen MR) is 277 cm³/mol. The highest BCUT2D eigenvalue weighted by Crippen LogP contribution is 2.19. The molecule has 6 aromatic rings. The number of benzene rings is 6. The molecule has 0 unspecified atom stereocenters. The van der Waals surface area contributed by atoms with Crippen LogP contribution in [0.3, 0.4) is 0 Å². The fraction of sp³-hybridized carbons (Fsp3) is 0.379. The lowest BCUT2D eigenvalue weighted by atomic mass is 10.0. The van der Waals surface area contributed by atoms with Gasteiger partial charge in [0, 0.05) is 0 Å². The van der Waals surface area contributed by atoms with Crippen molar-refractivity contribution in [3.8, 4) is 11.5 Å². The monoisotopic (exact) mass is 962 g/mol. The zero-order valence-corrected chi connectivity index (χ0v) is 42.7. The van der Waals surface area contributed by atoms with E-state index in [2.05, 4.69) is 124 Å². The van der Waals surface area contributed by atoms with E-state index in [1.54, 1.807) is 24.3 Å². The molecule has 0 aliphatic rings. The van der Waals surface area contributed by atoms with Crippen LogP contribution < -0.4 is 9.47 Å². The highest BCUT2D eigenvalue weighted by atomic mass is 32.2. The summed E-state index contributed by atoms with van der Waals surface area (Å²) in [5, 5.41) is 0. The minimum Gasteiger partial charge on any atom is -0.744 e. The van der Waals surface area contributed by atoms with E-state index >= 15 is 0 Å². The van der Waals surface area contributed by atoms with Crippen molar-refractivity contribution >= 4 is 20.2 Å². The van der Waals surface area contributed by atoms with Crippen LogP contribution >= 0.6 is 0 Å². The molecule has 368 valence electrons. The number of ether oxygens (including phenoxy) is 2. The molecule has 0 saturated heterocycles. The molecule has 0 aliphatic heterocycles. The molecule has 0 saturated carbocycles. The van der Waals surface area contributed by atoms with Crippen molar-refractivity contribution in [2.75, 3.05) is 13.2 Å². The van der Waals surface area contributed by atoms with Gasteiger partial charge in [-0.25, -0.2) is 16.8 Å².